The van der Waals surface area contributed by atoms with Gasteiger partial charge in [0.1, 0.15) is 0 Å². The van der Waals surface area contributed by atoms with Crippen LogP contribution in [0, 0.1) is 5.41 Å². The molecule has 1 heterocycles. The number of halogens is 3. The summed E-state index contributed by atoms with van der Waals surface area (Å²) >= 11 is 1.54. The van der Waals surface area contributed by atoms with Gasteiger partial charge >= 0.3 is 6.18 Å². The first kappa shape index (κ1) is 36.5. The van der Waals surface area contributed by atoms with Gasteiger partial charge in [-0.1, -0.05) is 48.9 Å². The first-order valence-corrected chi connectivity index (χ1v) is 19.1. The number of aliphatic hydroxyl groups is 2. The highest BCUT2D eigenvalue weighted by atomic mass is 32.2. The lowest BCUT2D eigenvalue weighted by molar-refractivity contribution is -0.137. The Morgan fingerprint density at radius 2 is 1.85 bits per heavy atom. The molecule has 1 saturated carbocycles. The quantitative estimate of drug-likeness (QED) is 0.187. The summed E-state index contributed by atoms with van der Waals surface area (Å²) in [5.74, 6) is -0.969. The van der Waals surface area contributed by atoms with Gasteiger partial charge in [0.2, 0.25) is 10.0 Å². The van der Waals surface area contributed by atoms with Gasteiger partial charge in [0.05, 0.1) is 23.5 Å². The molecule has 1 fully saturated rings. The number of thiophene rings is 1. The number of aliphatic hydroxyl groups excluding tert-OH is 1. The number of ketones is 1. The molecule has 4 atom stereocenters. The minimum Gasteiger partial charge on any atom is -0.393 e. The molecule has 6 rings (SSSR count). The molecule has 2 aromatic carbocycles. The summed E-state index contributed by atoms with van der Waals surface area (Å²) in [6.07, 6.45) is 1.68. The zero-order valence-corrected chi connectivity index (χ0v) is 29.2. The molecule has 3 aliphatic rings. The van der Waals surface area contributed by atoms with Gasteiger partial charge in [-0.2, -0.15) is 17.5 Å². The third kappa shape index (κ3) is 7.97. The van der Waals surface area contributed by atoms with Gasteiger partial charge in [0.25, 0.3) is 0 Å². The lowest BCUT2D eigenvalue weighted by Gasteiger charge is -2.45. The summed E-state index contributed by atoms with van der Waals surface area (Å²) in [4.78, 5) is 15.2. The predicted octanol–water partition coefficient (Wildman–Crippen LogP) is 7.54. The molecule has 11 heteroatoms. The van der Waals surface area contributed by atoms with Crippen LogP contribution in [0.2, 0.25) is 0 Å². The van der Waals surface area contributed by atoms with Crippen molar-refractivity contribution in [1.29, 1.82) is 0 Å². The normalized spacial score (nSPS) is 25.5. The average Bonchev–Trinajstić information content (AvgIpc) is 3.63. The molecule has 4 unspecified atom stereocenters. The third-order valence-electron chi connectivity index (χ3n) is 10.5. The number of fused-ring (bicyclic) bond motifs is 8. The topological polar surface area (TPSA) is 94.9 Å². The second kappa shape index (κ2) is 14.2. The van der Waals surface area contributed by atoms with E-state index in [1.54, 1.807) is 17.4 Å². The number of nitrogens with zero attached hydrogens (tertiary/aromatic N) is 1. The Balaban J connectivity index is 1.60. The van der Waals surface area contributed by atoms with Crippen LogP contribution in [0.15, 0.2) is 71.6 Å². The molecule has 1 aromatic heterocycles. The lowest BCUT2D eigenvalue weighted by atomic mass is 9.64. The van der Waals surface area contributed by atoms with Crippen molar-refractivity contribution < 1.29 is 36.6 Å². The smallest absolute Gasteiger partial charge is 0.393 e. The number of hydrogen-bond acceptors (Lipinski definition) is 6. The van der Waals surface area contributed by atoms with Crippen LogP contribution in [-0.2, 0) is 29.0 Å². The van der Waals surface area contributed by atoms with Crippen molar-refractivity contribution in [2.75, 3.05) is 19.3 Å². The monoisotopic (exact) mass is 703 g/mol. The van der Waals surface area contributed by atoms with E-state index in [0.29, 0.717) is 49.7 Å². The molecule has 0 aliphatic heterocycles. The van der Waals surface area contributed by atoms with E-state index in [-0.39, 0.29) is 37.1 Å². The Kier molecular flexibility index (Phi) is 10.8. The van der Waals surface area contributed by atoms with Crippen LogP contribution in [-0.4, -0.2) is 59.8 Å². The summed E-state index contributed by atoms with van der Waals surface area (Å²) < 4.78 is 68.5. The summed E-state index contributed by atoms with van der Waals surface area (Å²) in [5, 5.41) is 25.4. The van der Waals surface area contributed by atoms with E-state index in [2.05, 4.69) is 6.08 Å². The molecular weight excluding hydrogens is 660 g/mol. The Morgan fingerprint density at radius 3 is 2.54 bits per heavy atom. The molecule has 0 saturated heterocycles. The Bertz CT molecular complexity index is 1750. The van der Waals surface area contributed by atoms with E-state index in [1.165, 1.54) is 16.4 Å². The largest absolute Gasteiger partial charge is 0.416 e. The third-order valence-corrected chi connectivity index (χ3v) is 12.6. The Labute approximate surface area is 285 Å². The molecule has 48 heavy (non-hydrogen) atoms. The van der Waals surface area contributed by atoms with E-state index < -0.39 is 50.6 Å². The number of sulfonamides is 1. The number of rotatable bonds is 8. The first-order chi connectivity index (χ1) is 22.5. The molecule has 3 aromatic rings. The van der Waals surface area contributed by atoms with Gasteiger partial charge in [-0.25, -0.2) is 8.42 Å². The van der Waals surface area contributed by atoms with E-state index in [4.69, 9.17) is 0 Å². The van der Waals surface area contributed by atoms with Gasteiger partial charge in [-0.05, 0) is 105 Å². The predicted molar refractivity (Wildman–Crippen MR) is 183 cm³/mol. The van der Waals surface area contributed by atoms with Gasteiger partial charge in [0.15, 0.2) is 5.78 Å². The molecular formula is C37H44F3NO5S2. The van der Waals surface area contributed by atoms with Gasteiger partial charge in [-0.3, -0.25) is 4.79 Å². The molecule has 3 aliphatic carbocycles. The fraction of sp³-hybridized carbons (Fsp3) is 0.486. The molecule has 6 nitrogen and oxygen atoms in total. The van der Waals surface area contributed by atoms with E-state index in [0.717, 1.165) is 28.8 Å². The van der Waals surface area contributed by atoms with Crippen LogP contribution in [0.1, 0.15) is 95.8 Å². The highest BCUT2D eigenvalue weighted by molar-refractivity contribution is 7.88. The molecule has 260 valence electrons. The van der Waals surface area contributed by atoms with Crippen LogP contribution < -0.4 is 0 Å². The van der Waals surface area contributed by atoms with Gasteiger partial charge in [0, 0.05) is 34.5 Å². The number of carbonyl (C=O) groups is 1. The van der Waals surface area contributed by atoms with Crippen molar-refractivity contribution in [3.63, 3.8) is 0 Å². The van der Waals surface area contributed by atoms with Crippen molar-refractivity contribution in [3.05, 3.63) is 104 Å². The number of alkyl halides is 3. The van der Waals surface area contributed by atoms with Gasteiger partial charge < -0.3 is 10.2 Å². The lowest BCUT2D eigenvalue weighted by Crippen LogP contribution is -2.54. The van der Waals surface area contributed by atoms with E-state index in [9.17, 15) is 36.6 Å². The fourth-order valence-corrected chi connectivity index (χ4v) is 9.10. The maximum absolute atomic E-state index is 14.2. The minimum absolute atomic E-state index is 0.102. The molecule has 0 radical (unpaired) electrons. The number of allylic oxidation sites excluding steroid dienone is 2. The van der Waals surface area contributed by atoms with Crippen molar-refractivity contribution >= 4 is 27.1 Å². The number of benzene rings is 2. The van der Waals surface area contributed by atoms with Crippen molar-refractivity contribution in [2.45, 2.75) is 89.0 Å². The van der Waals surface area contributed by atoms with Crippen molar-refractivity contribution in [1.82, 2.24) is 4.31 Å². The average molecular weight is 704 g/mol. The maximum Gasteiger partial charge on any atom is 0.416 e. The first-order valence-electron chi connectivity index (χ1n) is 16.4. The minimum atomic E-state index is -4.63. The summed E-state index contributed by atoms with van der Waals surface area (Å²) in [6.45, 7) is 4.05. The van der Waals surface area contributed by atoms with Crippen LogP contribution in [0.4, 0.5) is 13.2 Å². The summed E-state index contributed by atoms with van der Waals surface area (Å²) in [7, 11) is -3.70. The zero-order valence-electron chi connectivity index (χ0n) is 27.6. The summed E-state index contributed by atoms with van der Waals surface area (Å²) in [6, 6.07) is 13.6. The second-order valence-electron chi connectivity index (χ2n) is 13.8. The van der Waals surface area contributed by atoms with Crippen LogP contribution >= 0.6 is 11.3 Å². The molecule has 2 N–H and O–H groups in total. The van der Waals surface area contributed by atoms with Crippen LogP contribution in [0.5, 0.6) is 0 Å². The number of carbonyl (C=O) groups excluding carboxylic acids is 1. The highest BCUT2D eigenvalue weighted by Crippen LogP contribution is 2.59. The van der Waals surface area contributed by atoms with Crippen LogP contribution in [0.3, 0.4) is 0 Å². The standard InChI is InChI=1S/C37H44F3NO5S2/c1-25-7-5-17-35(2)33(15-18-36(35,44)24-41(48(3,45)46)19-16-30-10-6-20-47-30)31-14-12-26(21-29(42)13-11-25)22-32(31)34(43)27-8-4-9-28(23-27)37(38,39)40/h4,6-10,12,14,20,22-23,29,33,42,44H,5,11,13,15-19,21,24H2,1-3H3. The second-order valence-corrected chi connectivity index (χ2v) is 16.8. The SMILES string of the molecule is CC1=CCCC2(C)C(CCC2(O)CN(CCc2cccs2)S(C)(=O)=O)c2ccc(cc2C(=O)c2cccc(C(F)(F)F)c2)CC(O)CC1. The van der Waals surface area contributed by atoms with Crippen molar-refractivity contribution in [3.8, 4) is 0 Å². The number of hydrogen-bond donors (Lipinski definition) is 2. The highest BCUT2D eigenvalue weighted by Gasteiger charge is 2.58. The van der Waals surface area contributed by atoms with E-state index in [1.807, 2.05) is 43.5 Å². The molecule has 0 spiro atoms. The van der Waals surface area contributed by atoms with Crippen LogP contribution in [0.25, 0.3) is 0 Å². The van der Waals surface area contributed by atoms with E-state index >= 15 is 0 Å². The maximum atomic E-state index is 14.2. The zero-order chi connectivity index (χ0) is 34.9. The Morgan fingerprint density at radius 1 is 1.08 bits per heavy atom. The van der Waals surface area contributed by atoms with Crippen molar-refractivity contribution in [2.24, 2.45) is 5.41 Å². The fourth-order valence-electron chi connectivity index (χ4n) is 7.53. The van der Waals surface area contributed by atoms with Gasteiger partial charge in [-0.15, -0.1) is 11.3 Å². The molecule has 2 bridgehead atoms. The Hall–Kier alpha value is -2.83. The molecule has 0 amide bonds. The summed E-state index contributed by atoms with van der Waals surface area (Å²) in [5.41, 5.74) is -0.742.